The van der Waals surface area contributed by atoms with Crippen LogP contribution >= 0.6 is 11.6 Å². The molecule has 4 aromatic rings. The van der Waals surface area contributed by atoms with Gasteiger partial charge in [-0.3, -0.25) is 9.52 Å². The Morgan fingerprint density at radius 3 is 2.38 bits per heavy atom. The normalized spacial score (nSPS) is 11.3. The van der Waals surface area contributed by atoms with Gasteiger partial charge in [0.15, 0.2) is 0 Å². The van der Waals surface area contributed by atoms with E-state index < -0.39 is 10.0 Å². The summed E-state index contributed by atoms with van der Waals surface area (Å²) >= 11 is 6.17. The first-order valence-electron chi connectivity index (χ1n) is 9.97. The number of halogens is 1. The molecule has 0 unspecified atom stereocenters. The first-order chi connectivity index (χ1) is 15.3. The summed E-state index contributed by atoms with van der Waals surface area (Å²) in [5, 5.41) is 5.08. The maximum atomic E-state index is 12.9. The SMILES string of the molecule is Cc1ccccc1NS(=O)(=O)c1cc(C(=O)NCc2ccc3ccccc3c2)ccc1Cl. The molecule has 5 nitrogen and oxygen atoms in total. The molecular weight excluding hydrogens is 444 g/mol. The Hall–Kier alpha value is -3.35. The Morgan fingerprint density at radius 1 is 0.875 bits per heavy atom. The monoisotopic (exact) mass is 464 g/mol. The zero-order chi connectivity index (χ0) is 22.7. The second kappa shape index (κ2) is 9.02. The Balaban J connectivity index is 1.53. The van der Waals surface area contributed by atoms with Crippen molar-refractivity contribution >= 4 is 44.0 Å². The number of carbonyl (C=O) groups excluding carboxylic acids is 1. The fraction of sp³-hybridized carbons (Fsp3) is 0.0800. The first-order valence-corrected chi connectivity index (χ1v) is 11.8. The number of carbonyl (C=O) groups is 1. The number of aryl methyl sites for hydroxylation is 1. The van der Waals surface area contributed by atoms with Crippen molar-refractivity contribution in [3.63, 3.8) is 0 Å². The van der Waals surface area contributed by atoms with Gasteiger partial charge in [-0.15, -0.1) is 0 Å². The lowest BCUT2D eigenvalue weighted by Crippen LogP contribution is -2.23. The number of anilines is 1. The molecule has 0 saturated heterocycles. The molecule has 0 aliphatic carbocycles. The largest absolute Gasteiger partial charge is 0.348 e. The van der Waals surface area contributed by atoms with Crippen LogP contribution < -0.4 is 10.0 Å². The summed E-state index contributed by atoms with van der Waals surface area (Å²) in [4.78, 5) is 12.6. The molecule has 0 atom stereocenters. The van der Waals surface area contributed by atoms with Crippen LogP contribution in [0, 0.1) is 6.92 Å². The van der Waals surface area contributed by atoms with Crippen molar-refractivity contribution in [3.8, 4) is 0 Å². The summed E-state index contributed by atoms with van der Waals surface area (Å²) in [6.07, 6.45) is 0. The Morgan fingerprint density at radius 2 is 1.59 bits per heavy atom. The molecule has 0 heterocycles. The van der Waals surface area contributed by atoms with Crippen LogP contribution in [0.5, 0.6) is 0 Å². The van der Waals surface area contributed by atoms with Gasteiger partial charge >= 0.3 is 0 Å². The molecule has 162 valence electrons. The molecule has 0 saturated carbocycles. The summed E-state index contributed by atoms with van der Waals surface area (Å²) in [7, 11) is -3.98. The number of sulfonamides is 1. The molecule has 1 amide bonds. The van der Waals surface area contributed by atoms with Crippen LogP contribution in [-0.4, -0.2) is 14.3 Å². The smallest absolute Gasteiger partial charge is 0.263 e. The average Bonchev–Trinajstić information content (AvgIpc) is 2.79. The standard InChI is InChI=1S/C25H21ClN2O3S/c1-17-6-2-5-9-23(17)28-32(30,31)24-15-21(12-13-22(24)26)25(29)27-16-18-10-11-19-7-3-4-8-20(19)14-18/h2-15,28H,16H2,1H3,(H,27,29). The van der Waals surface area contributed by atoms with Gasteiger partial charge in [0.25, 0.3) is 15.9 Å². The first kappa shape index (κ1) is 21.9. The van der Waals surface area contributed by atoms with E-state index in [9.17, 15) is 13.2 Å². The molecule has 32 heavy (non-hydrogen) atoms. The fourth-order valence-corrected chi connectivity index (χ4v) is 5.03. The zero-order valence-corrected chi connectivity index (χ0v) is 18.9. The highest BCUT2D eigenvalue weighted by molar-refractivity contribution is 7.92. The maximum Gasteiger partial charge on any atom is 0.263 e. The molecule has 0 radical (unpaired) electrons. The van der Waals surface area contributed by atoms with E-state index in [-0.39, 0.29) is 21.4 Å². The van der Waals surface area contributed by atoms with Gasteiger partial charge in [0.1, 0.15) is 4.90 Å². The van der Waals surface area contributed by atoms with Crippen molar-refractivity contribution in [1.82, 2.24) is 5.32 Å². The third-order valence-corrected chi connectivity index (χ3v) is 6.99. The number of hydrogen-bond acceptors (Lipinski definition) is 3. The van der Waals surface area contributed by atoms with Crippen LogP contribution in [-0.2, 0) is 16.6 Å². The Kier molecular flexibility index (Phi) is 6.17. The third kappa shape index (κ3) is 4.77. The van der Waals surface area contributed by atoms with E-state index in [4.69, 9.17) is 11.6 Å². The summed E-state index contributed by atoms with van der Waals surface area (Å²) in [5.74, 6) is -0.387. The lowest BCUT2D eigenvalue weighted by molar-refractivity contribution is 0.0950. The van der Waals surface area contributed by atoms with Gasteiger partial charge in [0.2, 0.25) is 0 Å². The van der Waals surface area contributed by atoms with Crippen molar-refractivity contribution in [1.29, 1.82) is 0 Å². The zero-order valence-electron chi connectivity index (χ0n) is 17.3. The summed E-state index contributed by atoms with van der Waals surface area (Å²) in [6, 6.07) is 25.2. The van der Waals surface area contributed by atoms with E-state index in [2.05, 4.69) is 10.0 Å². The molecule has 7 heteroatoms. The van der Waals surface area contributed by atoms with E-state index in [1.165, 1.54) is 18.2 Å². The average molecular weight is 465 g/mol. The highest BCUT2D eigenvalue weighted by Crippen LogP contribution is 2.26. The summed E-state index contributed by atoms with van der Waals surface area (Å²) in [5.41, 5.74) is 2.38. The number of para-hydroxylation sites is 1. The van der Waals surface area contributed by atoms with Crippen molar-refractivity contribution < 1.29 is 13.2 Å². The maximum absolute atomic E-state index is 12.9. The van der Waals surface area contributed by atoms with E-state index in [1.54, 1.807) is 25.1 Å². The van der Waals surface area contributed by atoms with Crippen LogP contribution in [0.4, 0.5) is 5.69 Å². The quantitative estimate of drug-likeness (QED) is 0.393. The lowest BCUT2D eigenvalue weighted by Gasteiger charge is -2.13. The number of rotatable bonds is 6. The number of fused-ring (bicyclic) bond motifs is 1. The van der Waals surface area contributed by atoms with Gasteiger partial charge in [-0.25, -0.2) is 8.42 Å². The van der Waals surface area contributed by atoms with Crippen molar-refractivity contribution in [2.75, 3.05) is 4.72 Å². The van der Waals surface area contributed by atoms with Crippen molar-refractivity contribution in [3.05, 3.63) is 107 Å². The highest BCUT2D eigenvalue weighted by atomic mass is 35.5. The molecule has 0 aromatic heterocycles. The summed E-state index contributed by atoms with van der Waals surface area (Å²) in [6.45, 7) is 2.12. The minimum atomic E-state index is -3.98. The lowest BCUT2D eigenvalue weighted by atomic mass is 10.1. The Labute approximate surface area is 192 Å². The molecule has 0 bridgehead atoms. The van der Waals surface area contributed by atoms with Crippen LogP contribution in [0.25, 0.3) is 10.8 Å². The fourth-order valence-electron chi connectivity index (χ4n) is 3.37. The number of amides is 1. The Bertz CT molecular complexity index is 1420. The topological polar surface area (TPSA) is 75.3 Å². The molecule has 0 aliphatic heterocycles. The van der Waals surface area contributed by atoms with Gasteiger partial charge in [-0.2, -0.15) is 0 Å². The minimum Gasteiger partial charge on any atom is -0.348 e. The molecule has 4 aromatic carbocycles. The molecule has 2 N–H and O–H groups in total. The highest BCUT2D eigenvalue weighted by Gasteiger charge is 2.21. The second-order valence-corrected chi connectivity index (χ2v) is 9.49. The molecule has 4 rings (SSSR count). The predicted octanol–water partition coefficient (Wildman–Crippen LogP) is 5.53. The molecule has 0 spiro atoms. The third-order valence-electron chi connectivity index (χ3n) is 5.14. The van der Waals surface area contributed by atoms with Crippen molar-refractivity contribution in [2.45, 2.75) is 18.4 Å². The van der Waals surface area contributed by atoms with Crippen LogP contribution in [0.2, 0.25) is 5.02 Å². The van der Waals surface area contributed by atoms with Gasteiger partial charge in [-0.05, 0) is 59.2 Å². The molecule has 0 aliphatic rings. The molecular formula is C25H21ClN2O3S. The predicted molar refractivity (Wildman–Crippen MR) is 129 cm³/mol. The van der Waals surface area contributed by atoms with E-state index in [0.29, 0.717) is 12.2 Å². The van der Waals surface area contributed by atoms with E-state index in [0.717, 1.165) is 21.9 Å². The van der Waals surface area contributed by atoms with E-state index >= 15 is 0 Å². The van der Waals surface area contributed by atoms with Gasteiger partial charge < -0.3 is 5.32 Å². The van der Waals surface area contributed by atoms with E-state index in [1.807, 2.05) is 48.5 Å². The summed E-state index contributed by atoms with van der Waals surface area (Å²) < 4.78 is 28.4. The number of benzene rings is 4. The second-order valence-electron chi connectivity index (χ2n) is 7.43. The van der Waals surface area contributed by atoms with Gasteiger partial charge in [0, 0.05) is 12.1 Å². The van der Waals surface area contributed by atoms with Crippen LogP contribution in [0.3, 0.4) is 0 Å². The van der Waals surface area contributed by atoms with Gasteiger partial charge in [0.05, 0.1) is 10.7 Å². The van der Waals surface area contributed by atoms with Crippen LogP contribution in [0.15, 0.2) is 89.8 Å². The molecule has 0 fully saturated rings. The number of nitrogens with one attached hydrogen (secondary N) is 2. The van der Waals surface area contributed by atoms with Crippen molar-refractivity contribution in [2.24, 2.45) is 0 Å². The number of hydrogen-bond donors (Lipinski definition) is 2. The van der Waals surface area contributed by atoms with Crippen LogP contribution in [0.1, 0.15) is 21.5 Å². The minimum absolute atomic E-state index is 0.0390. The van der Waals surface area contributed by atoms with Gasteiger partial charge in [-0.1, -0.05) is 66.2 Å².